The van der Waals surface area contributed by atoms with E-state index in [0.717, 1.165) is 11.1 Å². The van der Waals surface area contributed by atoms with E-state index in [4.69, 9.17) is 23.2 Å². The predicted octanol–water partition coefficient (Wildman–Crippen LogP) is 4.11. The Morgan fingerprint density at radius 2 is 1.33 bits per heavy atom. The Balaban J connectivity index is 2.57. The molecule has 2 nitrogen and oxygen atoms in total. The second-order valence-electron chi connectivity index (χ2n) is 3.67. The van der Waals surface area contributed by atoms with Crippen molar-refractivity contribution in [1.82, 2.24) is 0 Å². The topological polar surface area (TPSA) is 34.1 Å². The molecule has 0 atom stereocenters. The fourth-order valence-electron chi connectivity index (χ4n) is 1.69. The summed E-state index contributed by atoms with van der Waals surface area (Å²) in [4.78, 5) is 22.5. The second-order valence-corrected chi connectivity index (χ2v) is 4.36. The van der Waals surface area contributed by atoms with Gasteiger partial charge in [0.2, 0.25) is 0 Å². The monoisotopic (exact) mass is 278 g/mol. The summed E-state index contributed by atoms with van der Waals surface area (Å²) < 4.78 is 0. The van der Waals surface area contributed by atoms with Gasteiger partial charge in [-0.05, 0) is 46.5 Å². The fraction of sp³-hybridized carbons (Fsp3) is 0. The van der Waals surface area contributed by atoms with Gasteiger partial charge in [-0.2, -0.15) is 0 Å². The summed E-state index contributed by atoms with van der Waals surface area (Å²) >= 11 is 10.9. The average Bonchev–Trinajstić information content (AvgIpc) is 2.39. The average molecular weight is 279 g/mol. The molecule has 2 aromatic rings. The van der Waals surface area contributed by atoms with Gasteiger partial charge in [-0.15, -0.1) is 0 Å². The Hall–Kier alpha value is -1.64. The van der Waals surface area contributed by atoms with Gasteiger partial charge in [-0.25, -0.2) is 0 Å². The summed E-state index contributed by atoms with van der Waals surface area (Å²) in [5, 5.41) is -1.39. The molecule has 0 heterocycles. The molecular formula is C14H8Cl2O2. The van der Waals surface area contributed by atoms with Crippen LogP contribution in [0.4, 0.5) is 0 Å². The van der Waals surface area contributed by atoms with Crippen LogP contribution >= 0.6 is 23.2 Å². The van der Waals surface area contributed by atoms with Crippen LogP contribution < -0.4 is 0 Å². The molecular weight excluding hydrogens is 271 g/mol. The van der Waals surface area contributed by atoms with Crippen molar-refractivity contribution in [2.75, 3.05) is 0 Å². The molecule has 0 aromatic heterocycles. The number of hydrogen-bond donors (Lipinski definition) is 0. The van der Waals surface area contributed by atoms with Crippen molar-refractivity contribution in [3.05, 3.63) is 59.7 Å². The highest BCUT2D eigenvalue weighted by Gasteiger charge is 2.15. The maximum Gasteiger partial charge on any atom is 0.253 e. The van der Waals surface area contributed by atoms with E-state index in [2.05, 4.69) is 0 Å². The lowest BCUT2D eigenvalue weighted by molar-refractivity contribution is 0.105. The van der Waals surface area contributed by atoms with E-state index in [1.165, 1.54) is 6.07 Å². The quantitative estimate of drug-likeness (QED) is 0.792. The summed E-state index contributed by atoms with van der Waals surface area (Å²) in [7, 11) is 0. The Kier molecular flexibility index (Phi) is 3.80. The molecule has 0 aliphatic rings. The molecule has 2 aromatic carbocycles. The highest BCUT2D eigenvalue weighted by molar-refractivity contribution is 6.72. The van der Waals surface area contributed by atoms with Crippen LogP contribution in [-0.4, -0.2) is 10.5 Å². The minimum absolute atomic E-state index is 0.122. The molecule has 0 radical (unpaired) electrons. The standard InChI is InChI=1S/C14H8Cl2O2/c15-13(17)11-7-6-10(8-12(11)14(16)18)9-4-2-1-3-5-9/h1-8H. The van der Waals surface area contributed by atoms with Crippen molar-refractivity contribution in [1.29, 1.82) is 0 Å². The molecule has 18 heavy (non-hydrogen) atoms. The van der Waals surface area contributed by atoms with Crippen LogP contribution in [0.1, 0.15) is 20.7 Å². The van der Waals surface area contributed by atoms with E-state index in [9.17, 15) is 9.59 Å². The van der Waals surface area contributed by atoms with Crippen molar-refractivity contribution >= 4 is 33.7 Å². The first-order valence-corrected chi connectivity index (χ1v) is 5.94. The molecule has 0 N–H and O–H groups in total. The van der Waals surface area contributed by atoms with Crippen molar-refractivity contribution in [3.63, 3.8) is 0 Å². The molecule has 0 saturated carbocycles. The van der Waals surface area contributed by atoms with Crippen molar-refractivity contribution < 1.29 is 9.59 Å². The van der Waals surface area contributed by atoms with Gasteiger partial charge in [0.15, 0.2) is 0 Å². The summed E-state index contributed by atoms with van der Waals surface area (Å²) in [6.07, 6.45) is 0. The molecule has 0 saturated heterocycles. The molecule has 0 aliphatic carbocycles. The van der Waals surface area contributed by atoms with Gasteiger partial charge in [0.1, 0.15) is 0 Å². The van der Waals surface area contributed by atoms with Crippen LogP contribution in [0.15, 0.2) is 48.5 Å². The first-order chi connectivity index (χ1) is 8.59. The van der Waals surface area contributed by atoms with Crippen molar-refractivity contribution in [3.8, 4) is 11.1 Å². The molecule has 0 aliphatic heterocycles. The Morgan fingerprint density at radius 1 is 0.722 bits per heavy atom. The number of halogens is 2. The van der Waals surface area contributed by atoms with E-state index in [1.54, 1.807) is 12.1 Å². The minimum atomic E-state index is -0.697. The lowest BCUT2D eigenvalue weighted by atomic mass is 10.00. The van der Waals surface area contributed by atoms with Gasteiger partial charge in [0.25, 0.3) is 10.5 Å². The Bertz CT molecular complexity index is 606. The Morgan fingerprint density at radius 3 is 1.89 bits per heavy atom. The second kappa shape index (κ2) is 5.34. The van der Waals surface area contributed by atoms with Crippen LogP contribution in [0.25, 0.3) is 11.1 Å². The summed E-state index contributed by atoms with van der Waals surface area (Å²) in [5.41, 5.74) is 1.99. The molecule has 0 amide bonds. The van der Waals surface area contributed by atoms with Crippen LogP contribution in [-0.2, 0) is 0 Å². The fourth-order valence-corrected chi connectivity index (χ4v) is 2.01. The number of hydrogen-bond acceptors (Lipinski definition) is 2. The van der Waals surface area contributed by atoms with Gasteiger partial charge in [-0.1, -0.05) is 36.4 Å². The molecule has 0 fully saturated rings. The Labute approximate surface area is 114 Å². The first-order valence-electron chi connectivity index (χ1n) is 5.18. The third kappa shape index (κ3) is 2.61. The van der Waals surface area contributed by atoms with Crippen LogP contribution in [0.5, 0.6) is 0 Å². The van der Waals surface area contributed by atoms with Crippen molar-refractivity contribution in [2.24, 2.45) is 0 Å². The molecule has 4 heteroatoms. The van der Waals surface area contributed by atoms with Gasteiger partial charge in [0.05, 0.1) is 0 Å². The largest absolute Gasteiger partial charge is 0.276 e. The molecule has 2 rings (SSSR count). The zero-order chi connectivity index (χ0) is 13.1. The highest BCUT2D eigenvalue weighted by atomic mass is 35.5. The number of benzene rings is 2. The minimum Gasteiger partial charge on any atom is -0.276 e. The third-order valence-corrected chi connectivity index (χ3v) is 2.96. The molecule has 90 valence electrons. The predicted molar refractivity (Wildman–Crippen MR) is 72.2 cm³/mol. The maximum absolute atomic E-state index is 11.3. The van der Waals surface area contributed by atoms with E-state index in [0.29, 0.717) is 0 Å². The number of carbonyl (C=O) groups is 2. The van der Waals surface area contributed by atoms with Crippen LogP contribution in [0.2, 0.25) is 0 Å². The zero-order valence-electron chi connectivity index (χ0n) is 9.19. The normalized spacial score (nSPS) is 10.1. The summed E-state index contributed by atoms with van der Waals surface area (Å²) in [6.45, 7) is 0. The summed E-state index contributed by atoms with van der Waals surface area (Å²) in [5.74, 6) is 0. The van der Waals surface area contributed by atoms with Crippen LogP contribution in [0, 0.1) is 0 Å². The smallest absolute Gasteiger partial charge is 0.253 e. The molecule has 0 spiro atoms. The van der Waals surface area contributed by atoms with Gasteiger partial charge >= 0.3 is 0 Å². The van der Waals surface area contributed by atoms with E-state index in [-0.39, 0.29) is 11.1 Å². The van der Waals surface area contributed by atoms with E-state index >= 15 is 0 Å². The van der Waals surface area contributed by atoms with Gasteiger partial charge < -0.3 is 0 Å². The van der Waals surface area contributed by atoms with Gasteiger partial charge in [0, 0.05) is 11.1 Å². The number of carbonyl (C=O) groups excluding carboxylic acids is 2. The SMILES string of the molecule is O=C(Cl)c1ccc(-c2ccccc2)cc1C(=O)Cl. The highest BCUT2D eigenvalue weighted by Crippen LogP contribution is 2.24. The zero-order valence-corrected chi connectivity index (χ0v) is 10.7. The lowest BCUT2D eigenvalue weighted by Gasteiger charge is -2.06. The van der Waals surface area contributed by atoms with Crippen molar-refractivity contribution in [2.45, 2.75) is 0 Å². The van der Waals surface area contributed by atoms with E-state index in [1.807, 2.05) is 30.3 Å². The molecule has 0 unspecified atom stereocenters. The summed E-state index contributed by atoms with van der Waals surface area (Å²) in [6, 6.07) is 14.3. The van der Waals surface area contributed by atoms with E-state index < -0.39 is 10.5 Å². The maximum atomic E-state index is 11.3. The first kappa shape index (κ1) is 12.8. The van der Waals surface area contributed by atoms with Crippen LogP contribution in [0.3, 0.4) is 0 Å². The molecule has 0 bridgehead atoms. The lowest BCUT2D eigenvalue weighted by Crippen LogP contribution is -2.01. The third-order valence-electron chi connectivity index (χ3n) is 2.55. The van der Waals surface area contributed by atoms with Gasteiger partial charge in [-0.3, -0.25) is 9.59 Å². The number of rotatable bonds is 3.